The molecule has 3 aliphatic heterocycles. The van der Waals surface area contributed by atoms with Gasteiger partial charge in [0.05, 0.1) is 25.4 Å². The van der Waals surface area contributed by atoms with Crippen LogP contribution in [0.5, 0.6) is 11.5 Å². The maximum atomic E-state index is 14.5. The van der Waals surface area contributed by atoms with Gasteiger partial charge in [-0.1, -0.05) is 45.4 Å². The maximum Gasteiger partial charge on any atom is 0.329 e. The molecular formula is C51H76N2O12. The van der Waals surface area contributed by atoms with E-state index in [9.17, 15) is 29.1 Å². The van der Waals surface area contributed by atoms with Crippen molar-refractivity contribution in [3.8, 4) is 11.5 Å². The van der Waals surface area contributed by atoms with E-state index in [1.807, 2.05) is 52.0 Å². The van der Waals surface area contributed by atoms with Gasteiger partial charge >= 0.3 is 5.97 Å². The molecule has 5 rings (SSSR count). The first kappa shape index (κ1) is 51.9. The third-order valence-electron chi connectivity index (χ3n) is 14.2. The minimum Gasteiger partial charge on any atom is -0.497 e. The lowest BCUT2D eigenvalue weighted by Gasteiger charge is -2.47. The summed E-state index contributed by atoms with van der Waals surface area (Å²) in [6, 6.07) is 6.03. The molecule has 1 aromatic rings. The third-order valence-corrected chi connectivity index (χ3v) is 14.2. The van der Waals surface area contributed by atoms with Crippen LogP contribution < -0.4 is 14.8 Å². The normalized spacial score (nSPS) is 35.2. The van der Waals surface area contributed by atoms with E-state index in [1.54, 1.807) is 28.3 Å². The van der Waals surface area contributed by atoms with E-state index in [2.05, 4.69) is 24.4 Å². The summed E-state index contributed by atoms with van der Waals surface area (Å²) in [5, 5.41) is 15.2. The Morgan fingerprint density at radius 3 is 2.23 bits per heavy atom. The number of piperidine rings is 1. The van der Waals surface area contributed by atoms with E-state index in [1.165, 1.54) is 11.8 Å². The average molecular weight is 909 g/mol. The van der Waals surface area contributed by atoms with Crippen molar-refractivity contribution in [2.45, 2.75) is 174 Å². The maximum absolute atomic E-state index is 14.5. The van der Waals surface area contributed by atoms with Crippen molar-refractivity contribution in [3.05, 3.63) is 47.6 Å². The SMILES string of the molecule is CCC1C=C(C)CC(C)CC(OC)C2OC(O)(C(=O)C(=O)N3CCCCC3C(=O)OC(C(C)=CC3CCC(NC(C)=O)C(Oc4ccc(OC)cc4)C3)C(C)CCC1=O)C(C)CC2OC. The van der Waals surface area contributed by atoms with Gasteiger partial charge in [-0.25, -0.2) is 4.79 Å². The number of fused-ring (bicyclic) bond motifs is 3. The van der Waals surface area contributed by atoms with E-state index >= 15 is 0 Å². The third kappa shape index (κ3) is 13.1. The van der Waals surface area contributed by atoms with Gasteiger partial charge in [0.25, 0.3) is 11.7 Å². The van der Waals surface area contributed by atoms with Crippen molar-refractivity contribution < 1.29 is 57.5 Å². The molecule has 1 aromatic carbocycles. The molecule has 14 nitrogen and oxygen atoms in total. The number of ether oxygens (including phenoxy) is 6. The number of hydrogen-bond donors (Lipinski definition) is 2. The van der Waals surface area contributed by atoms with Crippen LogP contribution >= 0.6 is 0 Å². The Bertz CT molecular complexity index is 1860. The summed E-state index contributed by atoms with van der Waals surface area (Å²) in [5.41, 5.74) is 1.87. The molecule has 2 bridgehead atoms. The van der Waals surface area contributed by atoms with Gasteiger partial charge in [-0.05, 0) is 132 Å². The molecule has 0 radical (unpaired) electrons. The molecule has 4 aliphatic rings. The molecule has 3 heterocycles. The van der Waals surface area contributed by atoms with Crippen LogP contribution in [0.1, 0.15) is 126 Å². The van der Waals surface area contributed by atoms with Crippen LogP contribution in [0.2, 0.25) is 0 Å². The smallest absolute Gasteiger partial charge is 0.329 e. The van der Waals surface area contributed by atoms with Crippen LogP contribution in [0.25, 0.3) is 0 Å². The van der Waals surface area contributed by atoms with E-state index in [0.717, 1.165) is 17.6 Å². The molecule has 13 atom stereocenters. The topological polar surface area (TPSA) is 176 Å². The van der Waals surface area contributed by atoms with Crippen molar-refractivity contribution in [2.24, 2.45) is 29.6 Å². The molecule has 2 saturated heterocycles. The summed E-state index contributed by atoms with van der Waals surface area (Å²) in [6.45, 7) is 13.3. The van der Waals surface area contributed by atoms with Gasteiger partial charge in [0.1, 0.15) is 41.6 Å². The highest BCUT2D eigenvalue weighted by atomic mass is 16.7. The number of cyclic esters (lactones) is 1. The highest BCUT2D eigenvalue weighted by Crippen LogP contribution is 2.39. The number of nitrogens with one attached hydrogen (secondary N) is 1. The summed E-state index contributed by atoms with van der Waals surface area (Å²) in [6.07, 6.45) is 7.31. The Hall–Kier alpha value is -4.11. The van der Waals surface area contributed by atoms with Crippen LogP contribution in [-0.2, 0) is 42.9 Å². The Morgan fingerprint density at radius 2 is 1.58 bits per heavy atom. The van der Waals surface area contributed by atoms with Gasteiger partial charge in [0.2, 0.25) is 11.7 Å². The molecule has 362 valence electrons. The van der Waals surface area contributed by atoms with Crippen molar-refractivity contribution in [1.29, 1.82) is 0 Å². The number of allylic oxidation sites excluding steroid dienone is 3. The molecule has 3 fully saturated rings. The first-order valence-corrected chi connectivity index (χ1v) is 23.9. The Balaban J connectivity index is 1.49. The van der Waals surface area contributed by atoms with Gasteiger partial charge in [0, 0.05) is 45.9 Å². The predicted octanol–water partition coefficient (Wildman–Crippen LogP) is 7.09. The van der Waals surface area contributed by atoms with E-state index in [-0.39, 0.29) is 73.3 Å². The first-order valence-electron chi connectivity index (χ1n) is 23.9. The van der Waals surface area contributed by atoms with Crippen LogP contribution in [0.15, 0.2) is 47.6 Å². The molecule has 2 N–H and O–H groups in total. The monoisotopic (exact) mass is 909 g/mol. The Kier molecular flexibility index (Phi) is 18.8. The molecule has 0 aromatic heterocycles. The predicted molar refractivity (Wildman–Crippen MR) is 245 cm³/mol. The van der Waals surface area contributed by atoms with E-state index < -0.39 is 59.8 Å². The summed E-state index contributed by atoms with van der Waals surface area (Å²) >= 11 is 0. The van der Waals surface area contributed by atoms with Gasteiger partial charge in [-0.15, -0.1) is 0 Å². The van der Waals surface area contributed by atoms with Gasteiger partial charge < -0.3 is 43.7 Å². The zero-order chi connectivity index (χ0) is 47.6. The second-order valence-corrected chi connectivity index (χ2v) is 19.3. The molecule has 1 saturated carbocycles. The second kappa shape index (κ2) is 23.6. The summed E-state index contributed by atoms with van der Waals surface area (Å²) in [7, 11) is 4.70. The zero-order valence-electron chi connectivity index (χ0n) is 40.5. The van der Waals surface area contributed by atoms with E-state index in [0.29, 0.717) is 62.9 Å². The number of benzene rings is 1. The summed E-state index contributed by atoms with van der Waals surface area (Å²) < 4.78 is 36.4. The lowest BCUT2D eigenvalue weighted by atomic mass is 9.81. The molecule has 1 aliphatic carbocycles. The highest BCUT2D eigenvalue weighted by molar-refractivity contribution is 6.39. The number of Topliss-reactive ketones (excluding diaryl/α,β-unsaturated/α-hetero) is 2. The van der Waals surface area contributed by atoms with Gasteiger partial charge in [-0.2, -0.15) is 0 Å². The zero-order valence-corrected chi connectivity index (χ0v) is 40.5. The fraction of sp³-hybridized carbons (Fsp3) is 0.706. The number of hydrogen-bond acceptors (Lipinski definition) is 12. The van der Waals surface area contributed by atoms with Crippen molar-refractivity contribution >= 4 is 29.4 Å². The summed E-state index contributed by atoms with van der Waals surface area (Å²) in [5.74, 6) is -5.27. The average Bonchev–Trinajstić information content (AvgIpc) is 3.28. The number of methoxy groups -OCH3 is 3. The van der Waals surface area contributed by atoms with Crippen LogP contribution in [0.3, 0.4) is 0 Å². The quantitative estimate of drug-likeness (QED) is 0.147. The van der Waals surface area contributed by atoms with Crippen LogP contribution in [0.4, 0.5) is 0 Å². The standard InChI is InChI=1S/C51H76N2O12/c1-11-37-25-30(2)24-31(3)26-44(61-9)47-45(62-10)28-34(6)51(59,65-47)48(56)49(57)53-23-13-12-14-41(53)50(58)64-46(32(4)15-22-42(37)55)33(5)27-36-16-21-40(52-35(7)54)43(29-36)63-39-19-17-38(60-8)18-20-39/h17-20,25,27,31-32,34,36-37,40-41,43-47,59H,11-16,21-24,26,28-29H2,1-10H3,(H,52,54). The molecule has 2 amide bonds. The van der Waals surface area contributed by atoms with Crippen LogP contribution in [0, 0.1) is 29.6 Å². The molecule has 0 spiro atoms. The minimum absolute atomic E-state index is 0.00347. The van der Waals surface area contributed by atoms with E-state index in [4.69, 9.17) is 28.4 Å². The largest absolute Gasteiger partial charge is 0.497 e. The number of rotatable bonds is 9. The number of aliphatic hydroxyl groups is 1. The van der Waals surface area contributed by atoms with Crippen molar-refractivity contribution in [1.82, 2.24) is 10.2 Å². The lowest BCUT2D eigenvalue weighted by molar-refractivity contribution is -0.302. The minimum atomic E-state index is -2.49. The number of carbonyl (C=O) groups is 5. The number of nitrogens with zero attached hydrogens (tertiary/aromatic N) is 1. The fourth-order valence-corrected chi connectivity index (χ4v) is 10.5. The van der Waals surface area contributed by atoms with Gasteiger partial charge in [-0.3, -0.25) is 19.2 Å². The second-order valence-electron chi connectivity index (χ2n) is 19.3. The molecule has 14 heteroatoms. The number of esters is 1. The highest BCUT2D eigenvalue weighted by Gasteiger charge is 2.56. The summed E-state index contributed by atoms with van der Waals surface area (Å²) in [4.78, 5) is 70.7. The molecular weight excluding hydrogens is 833 g/mol. The van der Waals surface area contributed by atoms with Gasteiger partial charge in [0.15, 0.2) is 0 Å². The Labute approximate surface area is 386 Å². The van der Waals surface area contributed by atoms with Crippen molar-refractivity contribution in [2.75, 3.05) is 27.9 Å². The number of amides is 2. The lowest BCUT2D eigenvalue weighted by Crippen LogP contribution is -2.64. The fourth-order valence-electron chi connectivity index (χ4n) is 10.5. The number of ketones is 2. The van der Waals surface area contributed by atoms with Crippen LogP contribution in [-0.4, -0.2) is 116 Å². The number of carbonyl (C=O) groups excluding carboxylic acids is 5. The Morgan fingerprint density at radius 1 is 0.908 bits per heavy atom. The molecule has 65 heavy (non-hydrogen) atoms. The van der Waals surface area contributed by atoms with Crippen molar-refractivity contribution in [3.63, 3.8) is 0 Å². The molecule has 13 unspecified atom stereocenters. The first-order chi connectivity index (χ1) is 30.9.